The Morgan fingerprint density at radius 2 is 1.95 bits per heavy atom. The molecule has 3 heteroatoms. The number of hydrogen-bond acceptors (Lipinski definition) is 2. The van der Waals surface area contributed by atoms with Crippen LogP contribution >= 0.6 is 11.8 Å². The third-order valence-corrected chi connectivity index (χ3v) is 5.40. The molecule has 1 N–H and O–H groups in total. The van der Waals surface area contributed by atoms with Crippen LogP contribution in [0.4, 0.5) is 4.39 Å². The van der Waals surface area contributed by atoms with E-state index < -0.39 is 0 Å². The number of rotatable bonds is 5. The second kappa shape index (κ2) is 6.63. The van der Waals surface area contributed by atoms with Gasteiger partial charge in [-0.15, -0.1) is 11.8 Å². The van der Waals surface area contributed by atoms with Crippen LogP contribution in [-0.2, 0) is 6.42 Å². The number of halogens is 1. The zero-order chi connectivity index (χ0) is 14.7. The monoisotopic (exact) mass is 301 g/mol. The first-order chi connectivity index (χ1) is 10.3. The Hall–Kier alpha value is -1.32. The van der Waals surface area contributed by atoms with Crippen molar-refractivity contribution in [1.29, 1.82) is 0 Å². The lowest BCUT2D eigenvalue weighted by Crippen LogP contribution is -2.20. The predicted molar refractivity (Wildman–Crippen MR) is 87.5 cm³/mol. The van der Waals surface area contributed by atoms with Gasteiger partial charge in [0.05, 0.1) is 0 Å². The van der Waals surface area contributed by atoms with Gasteiger partial charge in [0, 0.05) is 16.7 Å². The van der Waals surface area contributed by atoms with Crippen molar-refractivity contribution in [3.05, 3.63) is 65.5 Å². The number of nitrogens with one attached hydrogen (secondary N) is 1. The minimum Gasteiger partial charge on any atom is -0.319 e. The van der Waals surface area contributed by atoms with Crippen molar-refractivity contribution in [1.82, 2.24) is 5.32 Å². The molecule has 2 atom stereocenters. The Morgan fingerprint density at radius 3 is 2.67 bits per heavy atom. The van der Waals surface area contributed by atoms with Crippen LogP contribution in [0.15, 0.2) is 53.4 Å². The topological polar surface area (TPSA) is 12.0 Å². The maximum Gasteiger partial charge on any atom is 0.123 e. The van der Waals surface area contributed by atoms with Crippen molar-refractivity contribution < 1.29 is 4.39 Å². The summed E-state index contributed by atoms with van der Waals surface area (Å²) in [6.07, 6.45) is 2.26. The third-order valence-electron chi connectivity index (χ3n) is 4.05. The molecule has 110 valence electrons. The van der Waals surface area contributed by atoms with Crippen LogP contribution in [0.2, 0.25) is 0 Å². The van der Waals surface area contributed by atoms with Gasteiger partial charge in [-0.1, -0.05) is 30.3 Å². The van der Waals surface area contributed by atoms with Crippen molar-refractivity contribution >= 4 is 11.8 Å². The van der Waals surface area contributed by atoms with Crippen LogP contribution in [0.3, 0.4) is 0 Å². The number of fused-ring (bicyclic) bond motifs is 1. The van der Waals surface area contributed by atoms with Crippen molar-refractivity contribution in [3.63, 3.8) is 0 Å². The van der Waals surface area contributed by atoms with Gasteiger partial charge in [-0.05, 0) is 55.1 Å². The normalized spacial score (nSPS) is 18.5. The highest BCUT2D eigenvalue weighted by Crippen LogP contribution is 2.41. The van der Waals surface area contributed by atoms with E-state index >= 15 is 0 Å². The summed E-state index contributed by atoms with van der Waals surface area (Å²) in [7, 11) is 1.98. The maximum atomic E-state index is 13.1. The van der Waals surface area contributed by atoms with Crippen LogP contribution in [0.5, 0.6) is 0 Å². The minimum atomic E-state index is -0.162. The Balaban J connectivity index is 1.70. The summed E-state index contributed by atoms with van der Waals surface area (Å²) in [4.78, 5) is 1.42. The molecule has 0 bridgehead atoms. The Bertz CT molecular complexity index is 571. The van der Waals surface area contributed by atoms with Gasteiger partial charge in [0.15, 0.2) is 0 Å². The van der Waals surface area contributed by atoms with E-state index in [2.05, 4.69) is 29.6 Å². The van der Waals surface area contributed by atoms with E-state index in [4.69, 9.17) is 0 Å². The van der Waals surface area contributed by atoms with Gasteiger partial charge in [-0.3, -0.25) is 0 Å². The molecule has 21 heavy (non-hydrogen) atoms. The van der Waals surface area contributed by atoms with Gasteiger partial charge in [0.2, 0.25) is 0 Å². The molecular formula is C18H20FNS. The summed E-state index contributed by atoms with van der Waals surface area (Å²) >= 11 is 1.99. The Morgan fingerprint density at radius 1 is 1.19 bits per heavy atom. The fourth-order valence-corrected chi connectivity index (χ4v) is 4.43. The minimum absolute atomic E-state index is 0.162. The molecule has 0 amide bonds. The van der Waals surface area contributed by atoms with Gasteiger partial charge in [0.1, 0.15) is 5.82 Å². The molecule has 1 heterocycles. The lowest BCUT2D eigenvalue weighted by molar-refractivity contribution is 0.568. The molecule has 2 aromatic carbocycles. The molecule has 1 aliphatic heterocycles. The third kappa shape index (κ3) is 3.47. The van der Waals surface area contributed by atoms with Crippen molar-refractivity contribution in [2.45, 2.75) is 28.9 Å². The summed E-state index contributed by atoms with van der Waals surface area (Å²) in [5, 5.41) is 3.89. The zero-order valence-corrected chi connectivity index (χ0v) is 13.0. The second-order valence-electron chi connectivity index (χ2n) is 5.59. The summed E-state index contributed by atoms with van der Waals surface area (Å²) in [6, 6.07) is 15.6. The predicted octanol–water partition coefficient (Wildman–Crippen LogP) is 4.24. The van der Waals surface area contributed by atoms with E-state index in [0.717, 1.165) is 19.4 Å². The first-order valence-electron chi connectivity index (χ1n) is 7.41. The lowest BCUT2D eigenvalue weighted by atomic mass is 9.92. The van der Waals surface area contributed by atoms with Crippen molar-refractivity contribution in [3.8, 4) is 0 Å². The van der Waals surface area contributed by atoms with E-state index in [-0.39, 0.29) is 5.82 Å². The first-order valence-corrected chi connectivity index (χ1v) is 8.29. The molecular weight excluding hydrogens is 281 g/mol. The van der Waals surface area contributed by atoms with E-state index in [1.807, 2.05) is 30.9 Å². The fraction of sp³-hybridized carbons (Fsp3) is 0.333. The smallest absolute Gasteiger partial charge is 0.123 e. The standard InChI is InChI=1S/C18H20FNS/c1-20-12-15(13-6-8-16(19)9-7-13)11-17-10-14-4-2-3-5-18(14)21-17/h2-9,15,17,20H,10-12H2,1H3. The molecule has 0 radical (unpaired) electrons. The number of likely N-dealkylation sites (N-methyl/N-ethyl adjacent to an activating group) is 1. The van der Waals surface area contributed by atoms with Crippen LogP contribution < -0.4 is 5.32 Å². The molecule has 0 fully saturated rings. The largest absolute Gasteiger partial charge is 0.319 e. The van der Waals surface area contributed by atoms with Gasteiger partial charge < -0.3 is 5.32 Å². The summed E-state index contributed by atoms with van der Waals surface area (Å²) in [5.74, 6) is 0.270. The van der Waals surface area contributed by atoms with E-state index in [0.29, 0.717) is 11.2 Å². The van der Waals surface area contributed by atoms with Crippen LogP contribution in [-0.4, -0.2) is 18.8 Å². The average Bonchev–Trinajstić information content (AvgIpc) is 2.90. The van der Waals surface area contributed by atoms with Gasteiger partial charge in [-0.2, -0.15) is 0 Å². The first kappa shape index (κ1) is 14.6. The summed E-state index contributed by atoms with van der Waals surface area (Å²) in [6.45, 7) is 0.930. The molecule has 0 saturated carbocycles. The van der Waals surface area contributed by atoms with Crippen molar-refractivity contribution in [2.75, 3.05) is 13.6 Å². The summed E-state index contributed by atoms with van der Waals surface area (Å²) in [5.41, 5.74) is 2.69. The zero-order valence-electron chi connectivity index (χ0n) is 12.2. The van der Waals surface area contributed by atoms with Gasteiger partial charge in [-0.25, -0.2) is 4.39 Å². The molecule has 3 rings (SSSR count). The highest BCUT2D eigenvalue weighted by molar-refractivity contribution is 8.00. The lowest BCUT2D eigenvalue weighted by Gasteiger charge is -2.20. The second-order valence-corrected chi connectivity index (χ2v) is 6.94. The Labute approximate surface area is 130 Å². The molecule has 2 aromatic rings. The SMILES string of the molecule is CNCC(CC1Cc2ccccc2S1)c1ccc(F)cc1. The van der Waals surface area contributed by atoms with Crippen molar-refractivity contribution in [2.24, 2.45) is 0 Å². The molecule has 2 unspecified atom stereocenters. The van der Waals surface area contributed by atoms with Crippen LogP contribution in [0, 0.1) is 5.82 Å². The highest BCUT2D eigenvalue weighted by atomic mass is 32.2. The molecule has 1 aliphatic rings. The van der Waals surface area contributed by atoms with E-state index in [1.165, 1.54) is 16.0 Å². The molecule has 1 nitrogen and oxygen atoms in total. The quantitative estimate of drug-likeness (QED) is 0.886. The molecule has 0 spiro atoms. The van der Waals surface area contributed by atoms with Crippen LogP contribution in [0.1, 0.15) is 23.5 Å². The van der Waals surface area contributed by atoms with Crippen LogP contribution in [0.25, 0.3) is 0 Å². The van der Waals surface area contributed by atoms with Gasteiger partial charge in [0.25, 0.3) is 0 Å². The number of benzene rings is 2. The maximum absolute atomic E-state index is 13.1. The van der Waals surface area contributed by atoms with E-state index in [1.54, 1.807) is 12.1 Å². The van der Waals surface area contributed by atoms with Gasteiger partial charge >= 0.3 is 0 Å². The molecule has 0 saturated heterocycles. The molecule has 0 aliphatic carbocycles. The number of thioether (sulfide) groups is 1. The number of hydrogen-bond donors (Lipinski definition) is 1. The molecule has 0 aromatic heterocycles. The highest BCUT2D eigenvalue weighted by Gasteiger charge is 2.25. The van der Waals surface area contributed by atoms with E-state index in [9.17, 15) is 4.39 Å². The average molecular weight is 301 g/mol. The Kier molecular flexibility index (Phi) is 4.61. The summed E-state index contributed by atoms with van der Waals surface area (Å²) < 4.78 is 13.1. The fourth-order valence-electron chi connectivity index (χ4n) is 3.02.